The predicted octanol–water partition coefficient (Wildman–Crippen LogP) is 4.96. The predicted molar refractivity (Wildman–Crippen MR) is 80.2 cm³/mol. The molecule has 2 aromatic rings. The molecule has 0 radical (unpaired) electrons. The molecule has 110 valence electrons. The molecule has 1 aliphatic heterocycles. The van der Waals surface area contributed by atoms with Gasteiger partial charge in [-0.2, -0.15) is 0 Å². The van der Waals surface area contributed by atoms with Crippen LogP contribution in [0.15, 0.2) is 42.5 Å². The second-order valence-electron chi connectivity index (χ2n) is 5.43. The van der Waals surface area contributed by atoms with Gasteiger partial charge in [0.05, 0.1) is 0 Å². The number of benzene rings is 2. The fraction of sp³-hybridized carbons (Fsp3) is 0.294. The van der Waals surface area contributed by atoms with Crippen molar-refractivity contribution in [3.8, 4) is 0 Å². The summed E-state index contributed by atoms with van der Waals surface area (Å²) in [5.41, 5.74) is 2.02. The third-order valence-electron chi connectivity index (χ3n) is 3.99. The number of hydrogen-bond acceptors (Lipinski definition) is 1. The fourth-order valence-electron chi connectivity index (χ4n) is 2.95. The first-order chi connectivity index (χ1) is 10.1. The summed E-state index contributed by atoms with van der Waals surface area (Å²) in [5, 5.41) is 0.726. The zero-order chi connectivity index (χ0) is 14.8. The average molecular weight is 308 g/mol. The van der Waals surface area contributed by atoms with Gasteiger partial charge in [0.15, 0.2) is 11.6 Å². The van der Waals surface area contributed by atoms with Crippen molar-refractivity contribution in [1.29, 1.82) is 0 Å². The third-order valence-corrected chi connectivity index (χ3v) is 4.24. The van der Waals surface area contributed by atoms with E-state index in [1.54, 1.807) is 6.07 Å². The van der Waals surface area contributed by atoms with E-state index in [1.165, 1.54) is 17.7 Å². The quantitative estimate of drug-likeness (QED) is 0.775. The van der Waals surface area contributed by atoms with Crippen LogP contribution in [0.4, 0.5) is 8.78 Å². The van der Waals surface area contributed by atoms with Crippen molar-refractivity contribution in [2.45, 2.75) is 25.4 Å². The topological polar surface area (TPSA) is 3.24 Å². The van der Waals surface area contributed by atoms with Crippen LogP contribution in [-0.4, -0.2) is 11.4 Å². The Morgan fingerprint density at radius 2 is 1.81 bits per heavy atom. The SMILES string of the molecule is Fc1ccc(CN2CCCC2c2ccc(Cl)cc2)cc1F. The second-order valence-corrected chi connectivity index (χ2v) is 5.86. The van der Waals surface area contributed by atoms with E-state index in [0.29, 0.717) is 12.6 Å². The molecule has 3 rings (SSSR count). The number of halogens is 3. The van der Waals surface area contributed by atoms with Gasteiger partial charge in [-0.3, -0.25) is 4.90 Å². The molecule has 1 saturated heterocycles. The standard InChI is InChI=1S/C17H16ClF2N/c18-14-6-4-13(5-7-14)17-2-1-9-21(17)11-12-3-8-15(19)16(20)10-12/h3-8,10,17H,1-2,9,11H2. The first-order valence-electron chi connectivity index (χ1n) is 7.07. The first kappa shape index (κ1) is 14.5. The lowest BCUT2D eigenvalue weighted by Crippen LogP contribution is -2.22. The van der Waals surface area contributed by atoms with Crippen molar-refractivity contribution in [1.82, 2.24) is 4.90 Å². The molecule has 0 N–H and O–H groups in total. The Labute approximate surface area is 128 Å². The summed E-state index contributed by atoms with van der Waals surface area (Å²) in [4.78, 5) is 2.30. The van der Waals surface area contributed by atoms with Crippen LogP contribution in [0.3, 0.4) is 0 Å². The summed E-state index contributed by atoms with van der Waals surface area (Å²) in [6.07, 6.45) is 2.18. The van der Waals surface area contributed by atoms with Gasteiger partial charge in [0.1, 0.15) is 0 Å². The van der Waals surface area contributed by atoms with Crippen LogP contribution in [-0.2, 0) is 6.54 Å². The molecule has 1 heterocycles. The zero-order valence-electron chi connectivity index (χ0n) is 11.5. The van der Waals surface area contributed by atoms with Crippen molar-refractivity contribution < 1.29 is 8.78 Å². The van der Waals surface area contributed by atoms with E-state index in [9.17, 15) is 8.78 Å². The van der Waals surface area contributed by atoms with Gasteiger partial charge in [0.25, 0.3) is 0 Å². The number of hydrogen-bond donors (Lipinski definition) is 0. The Kier molecular flexibility index (Phi) is 4.22. The van der Waals surface area contributed by atoms with Gasteiger partial charge in [-0.05, 0) is 54.8 Å². The van der Waals surface area contributed by atoms with E-state index in [0.717, 1.165) is 30.0 Å². The van der Waals surface area contributed by atoms with Crippen LogP contribution in [0.2, 0.25) is 5.02 Å². The molecule has 1 atom stereocenters. The van der Waals surface area contributed by atoms with Gasteiger partial charge >= 0.3 is 0 Å². The molecule has 0 bridgehead atoms. The molecule has 1 aliphatic rings. The minimum Gasteiger partial charge on any atom is -0.292 e. The largest absolute Gasteiger partial charge is 0.292 e. The van der Waals surface area contributed by atoms with E-state index in [2.05, 4.69) is 4.90 Å². The van der Waals surface area contributed by atoms with E-state index in [-0.39, 0.29) is 0 Å². The van der Waals surface area contributed by atoms with E-state index in [1.807, 2.05) is 24.3 Å². The maximum absolute atomic E-state index is 13.3. The highest BCUT2D eigenvalue weighted by atomic mass is 35.5. The van der Waals surface area contributed by atoms with Crippen LogP contribution in [0, 0.1) is 11.6 Å². The summed E-state index contributed by atoms with van der Waals surface area (Å²) in [5.74, 6) is -1.58. The van der Waals surface area contributed by atoms with Crippen molar-refractivity contribution in [2.75, 3.05) is 6.54 Å². The monoisotopic (exact) mass is 307 g/mol. The zero-order valence-corrected chi connectivity index (χ0v) is 12.3. The molecule has 0 aliphatic carbocycles. The smallest absolute Gasteiger partial charge is 0.159 e. The number of nitrogens with zero attached hydrogens (tertiary/aromatic N) is 1. The Hall–Kier alpha value is -1.45. The summed E-state index contributed by atoms with van der Waals surface area (Å²) in [6, 6.07) is 12.3. The minimum atomic E-state index is -0.797. The third kappa shape index (κ3) is 3.25. The molecule has 1 nitrogen and oxygen atoms in total. The first-order valence-corrected chi connectivity index (χ1v) is 7.45. The Balaban J connectivity index is 1.77. The van der Waals surface area contributed by atoms with Gasteiger partial charge in [-0.25, -0.2) is 8.78 Å². The molecule has 1 fully saturated rings. The fourth-order valence-corrected chi connectivity index (χ4v) is 3.08. The van der Waals surface area contributed by atoms with Crippen LogP contribution in [0.5, 0.6) is 0 Å². The normalized spacial score (nSPS) is 19.1. The molecule has 0 aromatic heterocycles. The van der Waals surface area contributed by atoms with Crippen molar-refractivity contribution in [3.05, 3.63) is 70.2 Å². The molecule has 0 saturated carbocycles. The van der Waals surface area contributed by atoms with Crippen LogP contribution in [0.1, 0.15) is 30.0 Å². The van der Waals surface area contributed by atoms with Crippen molar-refractivity contribution in [3.63, 3.8) is 0 Å². The van der Waals surface area contributed by atoms with Crippen LogP contribution >= 0.6 is 11.6 Å². The van der Waals surface area contributed by atoms with Gasteiger partial charge in [-0.15, -0.1) is 0 Å². The minimum absolute atomic E-state index is 0.315. The number of likely N-dealkylation sites (tertiary alicyclic amines) is 1. The Bertz CT molecular complexity index is 627. The molecule has 1 unspecified atom stereocenters. The lowest BCUT2D eigenvalue weighted by atomic mass is 10.0. The second kappa shape index (κ2) is 6.12. The lowest BCUT2D eigenvalue weighted by molar-refractivity contribution is 0.248. The molecule has 4 heteroatoms. The van der Waals surface area contributed by atoms with E-state index < -0.39 is 11.6 Å². The van der Waals surface area contributed by atoms with Gasteiger partial charge in [0, 0.05) is 17.6 Å². The maximum atomic E-state index is 13.3. The highest BCUT2D eigenvalue weighted by Gasteiger charge is 2.26. The Morgan fingerprint density at radius 1 is 1.05 bits per heavy atom. The van der Waals surface area contributed by atoms with Gasteiger partial charge in [0.2, 0.25) is 0 Å². The lowest BCUT2D eigenvalue weighted by Gasteiger charge is -2.25. The summed E-state index contributed by atoms with van der Waals surface area (Å²) < 4.78 is 26.3. The average Bonchev–Trinajstić information content (AvgIpc) is 2.92. The van der Waals surface area contributed by atoms with Gasteiger partial charge in [-0.1, -0.05) is 29.8 Å². The molecule has 0 amide bonds. The summed E-state index contributed by atoms with van der Waals surface area (Å²) in [6.45, 7) is 1.59. The maximum Gasteiger partial charge on any atom is 0.159 e. The van der Waals surface area contributed by atoms with Crippen LogP contribution in [0.25, 0.3) is 0 Å². The van der Waals surface area contributed by atoms with Crippen molar-refractivity contribution >= 4 is 11.6 Å². The van der Waals surface area contributed by atoms with Crippen molar-refractivity contribution in [2.24, 2.45) is 0 Å². The Morgan fingerprint density at radius 3 is 2.52 bits per heavy atom. The highest BCUT2D eigenvalue weighted by molar-refractivity contribution is 6.30. The summed E-state index contributed by atoms with van der Waals surface area (Å²) >= 11 is 5.93. The number of rotatable bonds is 3. The molecular formula is C17H16ClF2N. The van der Waals surface area contributed by atoms with Crippen LogP contribution < -0.4 is 0 Å². The summed E-state index contributed by atoms with van der Waals surface area (Å²) in [7, 11) is 0. The van der Waals surface area contributed by atoms with Gasteiger partial charge < -0.3 is 0 Å². The molecular weight excluding hydrogens is 292 g/mol. The molecule has 2 aromatic carbocycles. The van der Waals surface area contributed by atoms with E-state index in [4.69, 9.17) is 11.6 Å². The molecule has 21 heavy (non-hydrogen) atoms. The van der Waals surface area contributed by atoms with E-state index >= 15 is 0 Å². The molecule has 0 spiro atoms. The highest BCUT2D eigenvalue weighted by Crippen LogP contribution is 2.33.